The Morgan fingerprint density at radius 1 is 1.20 bits per heavy atom. The molecule has 1 amide bonds. The molecule has 1 N–H and O–H groups in total. The number of benzene rings is 1. The summed E-state index contributed by atoms with van der Waals surface area (Å²) < 4.78 is 0. The Morgan fingerprint density at radius 2 is 1.90 bits per heavy atom. The first-order valence-electron chi connectivity index (χ1n) is 7.17. The Kier molecular flexibility index (Phi) is 3.49. The van der Waals surface area contributed by atoms with E-state index >= 15 is 0 Å². The number of likely N-dealkylation sites (N-methyl/N-ethyl adjacent to an activating group) is 1. The van der Waals surface area contributed by atoms with Crippen LogP contribution >= 0.6 is 0 Å². The molecule has 0 aliphatic carbocycles. The maximum atomic E-state index is 12.5. The van der Waals surface area contributed by atoms with E-state index in [2.05, 4.69) is 29.1 Å². The van der Waals surface area contributed by atoms with E-state index < -0.39 is 0 Å². The van der Waals surface area contributed by atoms with Crippen molar-refractivity contribution >= 4 is 16.8 Å². The third-order valence-electron chi connectivity index (χ3n) is 4.21. The summed E-state index contributed by atoms with van der Waals surface area (Å²) in [5.74, 6) is 0.242. The van der Waals surface area contributed by atoms with Crippen molar-refractivity contribution in [3.8, 4) is 0 Å². The van der Waals surface area contributed by atoms with Crippen molar-refractivity contribution in [2.24, 2.45) is 0 Å². The number of aromatic amines is 1. The second-order valence-electron chi connectivity index (χ2n) is 5.63. The quantitative estimate of drug-likeness (QED) is 0.904. The van der Waals surface area contributed by atoms with Gasteiger partial charge in [-0.3, -0.25) is 4.79 Å². The molecule has 0 unspecified atom stereocenters. The Bertz CT molecular complexity index is 624. The van der Waals surface area contributed by atoms with Crippen molar-refractivity contribution in [1.29, 1.82) is 0 Å². The number of nitrogens with one attached hydrogen (secondary N) is 1. The van der Waals surface area contributed by atoms with Gasteiger partial charge in [-0.25, -0.2) is 0 Å². The lowest BCUT2D eigenvalue weighted by Gasteiger charge is -2.32. The van der Waals surface area contributed by atoms with Crippen LogP contribution in [0.4, 0.5) is 0 Å². The highest BCUT2D eigenvalue weighted by Crippen LogP contribution is 2.22. The van der Waals surface area contributed by atoms with Crippen molar-refractivity contribution in [3.05, 3.63) is 35.5 Å². The summed E-state index contributed by atoms with van der Waals surface area (Å²) in [5.41, 5.74) is 3.37. The van der Waals surface area contributed by atoms with Crippen LogP contribution in [0.1, 0.15) is 11.3 Å². The summed E-state index contributed by atoms with van der Waals surface area (Å²) >= 11 is 0. The minimum atomic E-state index is 0.242. The van der Waals surface area contributed by atoms with Gasteiger partial charge in [-0.05, 0) is 25.6 Å². The molecule has 1 fully saturated rings. The van der Waals surface area contributed by atoms with Crippen molar-refractivity contribution in [2.45, 2.75) is 13.3 Å². The molecule has 0 saturated carbocycles. The minimum Gasteiger partial charge on any atom is -0.358 e. The molecule has 0 spiro atoms. The molecule has 3 rings (SSSR count). The molecule has 4 nitrogen and oxygen atoms in total. The lowest BCUT2D eigenvalue weighted by atomic mass is 10.1. The maximum Gasteiger partial charge on any atom is 0.227 e. The van der Waals surface area contributed by atoms with Gasteiger partial charge in [-0.2, -0.15) is 0 Å². The zero-order valence-corrected chi connectivity index (χ0v) is 12.1. The Morgan fingerprint density at radius 3 is 2.65 bits per heavy atom. The van der Waals surface area contributed by atoms with Crippen LogP contribution in [0.15, 0.2) is 24.3 Å². The average Bonchev–Trinajstić information content (AvgIpc) is 2.76. The molecule has 1 aromatic carbocycles. The number of carbonyl (C=O) groups excluding carboxylic acids is 1. The Balaban J connectivity index is 1.79. The van der Waals surface area contributed by atoms with E-state index in [1.54, 1.807) is 0 Å². The lowest BCUT2D eigenvalue weighted by molar-refractivity contribution is -0.132. The first-order chi connectivity index (χ1) is 9.65. The third kappa shape index (κ3) is 2.43. The van der Waals surface area contributed by atoms with Crippen LogP contribution in [0.25, 0.3) is 10.9 Å². The fourth-order valence-electron chi connectivity index (χ4n) is 2.88. The predicted octanol–water partition coefficient (Wildman–Crippen LogP) is 1.79. The van der Waals surface area contributed by atoms with E-state index in [1.807, 2.05) is 24.0 Å². The number of carbonyl (C=O) groups is 1. The number of piperazine rings is 1. The van der Waals surface area contributed by atoms with E-state index in [1.165, 1.54) is 5.39 Å². The van der Waals surface area contributed by atoms with Gasteiger partial charge >= 0.3 is 0 Å². The van der Waals surface area contributed by atoms with Crippen LogP contribution in [0.2, 0.25) is 0 Å². The molecule has 1 saturated heterocycles. The second-order valence-corrected chi connectivity index (χ2v) is 5.63. The number of amides is 1. The van der Waals surface area contributed by atoms with Crippen LogP contribution < -0.4 is 0 Å². The van der Waals surface area contributed by atoms with Crippen molar-refractivity contribution in [3.63, 3.8) is 0 Å². The summed E-state index contributed by atoms with van der Waals surface area (Å²) in [6.45, 7) is 5.68. The highest BCUT2D eigenvalue weighted by Gasteiger charge is 2.21. The first-order valence-corrected chi connectivity index (χ1v) is 7.17. The summed E-state index contributed by atoms with van der Waals surface area (Å²) in [6, 6.07) is 8.20. The van der Waals surface area contributed by atoms with Crippen LogP contribution in [-0.2, 0) is 11.2 Å². The van der Waals surface area contributed by atoms with Crippen molar-refractivity contribution in [1.82, 2.24) is 14.8 Å². The van der Waals surface area contributed by atoms with E-state index in [0.29, 0.717) is 6.42 Å². The second kappa shape index (κ2) is 5.29. The van der Waals surface area contributed by atoms with Crippen LogP contribution in [-0.4, -0.2) is 53.9 Å². The van der Waals surface area contributed by atoms with Crippen molar-refractivity contribution < 1.29 is 4.79 Å². The van der Waals surface area contributed by atoms with Gasteiger partial charge in [0.25, 0.3) is 0 Å². The monoisotopic (exact) mass is 271 g/mol. The Labute approximate surface area is 119 Å². The molecular formula is C16H21N3O. The molecule has 0 radical (unpaired) electrons. The number of rotatable bonds is 2. The van der Waals surface area contributed by atoms with E-state index in [4.69, 9.17) is 0 Å². The smallest absolute Gasteiger partial charge is 0.227 e. The molecule has 4 heteroatoms. The van der Waals surface area contributed by atoms with E-state index in [-0.39, 0.29) is 5.91 Å². The zero-order chi connectivity index (χ0) is 14.1. The number of hydrogen-bond donors (Lipinski definition) is 1. The SMILES string of the molecule is Cc1[nH]c2ccccc2c1CC(=O)N1CCN(C)CC1. The molecule has 20 heavy (non-hydrogen) atoms. The highest BCUT2D eigenvalue weighted by atomic mass is 16.2. The predicted molar refractivity (Wildman–Crippen MR) is 80.8 cm³/mol. The third-order valence-corrected chi connectivity index (χ3v) is 4.21. The number of nitrogens with zero attached hydrogens (tertiary/aromatic N) is 2. The minimum absolute atomic E-state index is 0.242. The van der Waals surface area contributed by atoms with Crippen LogP contribution in [0, 0.1) is 6.92 Å². The zero-order valence-electron chi connectivity index (χ0n) is 12.1. The first kappa shape index (κ1) is 13.2. The Hall–Kier alpha value is -1.81. The van der Waals surface area contributed by atoms with Crippen LogP contribution in [0.3, 0.4) is 0 Å². The van der Waals surface area contributed by atoms with Crippen LogP contribution in [0.5, 0.6) is 0 Å². The van der Waals surface area contributed by atoms with Gasteiger partial charge in [0.15, 0.2) is 0 Å². The number of H-pyrrole nitrogens is 1. The molecule has 1 aliphatic heterocycles. The van der Waals surface area contributed by atoms with Gasteiger partial charge in [0.05, 0.1) is 6.42 Å². The highest BCUT2D eigenvalue weighted by molar-refractivity contribution is 5.90. The maximum absolute atomic E-state index is 12.5. The lowest BCUT2D eigenvalue weighted by Crippen LogP contribution is -2.47. The molecule has 1 aromatic heterocycles. The number of aromatic nitrogens is 1. The summed E-state index contributed by atoms with van der Waals surface area (Å²) in [4.78, 5) is 20.1. The summed E-state index contributed by atoms with van der Waals surface area (Å²) in [7, 11) is 2.10. The van der Waals surface area contributed by atoms with Gasteiger partial charge in [0.1, 0.15) is 0 Å². The molecule has 2 heterocycles. The van der Waals surface area contributed by atoms with Gasteiger partial charge < -0.3 is 14.8 Å². The van der Waals surface area contributed by atoms with Gasteiger partial charge in [-0.1, -0.05) is 18.2 Å². The largest absolute Gasteiger partial charge is 0.358 e. The normalized spacial score (nSPS) is 16.8. The molecular weight excluding hydrogens is 250 g/mol. The molecule has 0 atom stereocenters. The number of fused-ring (bicyclic) bond motifs is 1. The number of hydrogen-bond acceptors (Lipinski definition) is 2. The van der Waals surface area contributed by atoms with E-state index in [0.717, 1.165) is 43.0 Å². The van der Waals surface area contributed by atoms with E-state index in [9.17, 15) is 4.79 Å². The standard InChI is InChI=1S/C16H21N3O/c1-12-14(13-5-3-4-6-15(13)17-12)11-16(20)19-9-7-18(2)8-10-19/h3-6,17H,7-11H2,1-2H3. The molecule has 1 aliphatic rings. The average molecular weight is 271 g/mol. The van der Waals surface area contributed by atoms with Gasteiger partial charge in [-0.15, -0.1) is 0 Å². The van der Waals surface area contributed by atoms with Gasteiger partial charge in [0, 0.05) is 42.8 Å². The number of para-hydroxylation sites is 1. The van der Waals surface area contributed by atoms with Crippen molar-refractivity contribution in [2.75, 3.05) is 33.2 Å². The summed E-state index contributed by atoms with van der Waals surface area (Å²) in [6.07, 6.45) is 0.500. The summed E-state index contributed by atoms with van der Waals surface area (Å²) in [5, 5.41) is 1.17. The fourth-order valence-corrected chi connectivity index (χ4v) is 2.88. The topological polar surface area (TPSA) is 39.3 Å². The fraction of sp³-hybridized carbons (Fsp3) is 0.438. The van der Waals surface area contributed by atoms with Gasteiger partial charge in [0.2, 0.25) is 5.91 Å². The molecule has 2 aromatic rings. The molecule has 0 bridgehead atoms. The number of aryl methyl sites for hydroxylation is 1. The molecule has 106 valence electrons.